The summed E-state index contributed by atoms with van der Waals surface area (Å²) in [6.45, 7) is 1.90. The Morgan fingerprint density at radius 1 is 1.36 bits per heavy atom. The summed E-state index contributed by atoms with van der Waals surface area (Å²) in [5.41, 5.74) is 0. The summed E-state index contributed by atoms with van der Waals surface area (Å²) in [5, 5.41) is 6.74. The molecule has 3 amide bonds. The summed E-state index contributed by atoms with van der Waals surface area (Å²) in [5.74, 6) is -0.228. The molecule has 124 valence electrons. The van der Waals surface area contributed by atoms with Gasteiger partial charge in [-0.2, -0.15) is 13.5 Å². The van der Waals surface area contributed by atoms with Gasteiger partial charge in [-0.15, -0.1) is 4.28 Å². The molecule has 3 saturated heterocycles. The third kappa shape index (κ3) is 3.02. The van der Waals surface area contributed by atoms with Crippen molar-refractivity contribution in [3.05, 3.63) is 0 Å². The zero-order valence-corrected chi connectivity index (χ0v) is 12.6. The van der Waals surface area contributed by atoms with Gasteiger partial charge in [0.05, 0.1) is 6.04 Å². The van der Waals surface area contributed by atoms with E-state index in [1.165, 1.54) is 4.90 Å². The molecular formula is C11H18N4O6S. The number of piperidine rings is 1. The topological polar surface area (TPSA) is 128 Å². The van der Waals surface area contributed by atoms with Crippen LogP contribution in [0.2, 0.25) is 0 Å². The maximum Gasteiger partial charge on any atom is 0.418 e. The van der Waals surface area contributed by atoms with Gasteiger partial charge in [0, 0.05) is 19.0 Å². The van der Waals surface area contributed by atoms with Crippen molar-refractivity contribution in [2.75, 3.05) is 19.6 Å². The fourth-order valence-electron chi connectivity index (χ4n) is 3.18. The highest BCUT2D eigenvalue weighted by Gasteiger charge is 2.53. The molecule has 0 aromatic rings. The molecule has 0 saturated carbocycles. The molecular weight excluding hydrogens is 316 g/mol. The maximum atomic E-state index is 12.3. The molecule has 3 heterocycles. The number of carbonyl (C=O) groups is 2. The highest BCUT2D eigenvalue weighted by molar-refractivity contribution is 7.80. The van der Waals surface area contributed by atoms with Crippen molar-refractivity contribution in [3.63, 3.8) is 0 Å². The van der Waals surface area contributed by atoms with Gasteiger partial charge in [0.15, 0.2) is 0 Å². The Balaban J connectivity index is 1.60. The van der Waals surface area contributed by atoms with Crippen molar-refractivity contribution < 1.29 is 26.8 Å². The Labute approximate surface area is 127 Å². The maximum absolute atomic E-state index is 12.3. The largest absolute Gasteiger partial charge is 0.418 e. The first-order valence-electron chi connectivity index (χ1n) is 7.13. The van der Waals surface area contributed by atoms with Crippen LogP contribution in [0.1, 0.15) is 19.3 Å². The van der Waals surface area contributed by atoms with E-state index in [9.17, 15) is 18.0 Å². The molecule has 11 heteroatoms. The predicted molar refractivity (Wildman–Crippen MR) is 72.8 cm³/mol. The van der Waals surface area contributed by atoms with Crippen LogP contribution in [0, 0.1) is 0 Å². The summed E-state index contributed by atoms with van der Waals surface area (Å²) >= 11 is 0. The molecule has 3 aliphatic rings. The van der Waals surface area contributed by atoms with E-state index in [4.69, 9.17) is 4.55 Å². The first-order valence-corrected chi connectivity index (χ1v) is 8.49. The summed E-state index contributed by atoms with van der Waals surface area (Å²) in [4.78, 5) is 25.6. The van der Waals surface area contributed by atoms with Gasteiger partial charge in [0.2, 0.25) is 5.91 Å². The van der Waals surface area contributed by atoms with Crippen molar-refractivity contribution in [1.82, 2.24) is 20.6 Å². The fraction of sp³-hybridized carbons (Fsp3) is 0.818. The van der Waals surface area contributed by atoms with E-state index < -0.39 is 28.5 Å². The highest BCUT2D eigenvalue weighted by atomic mass is 32.3. The van der Waals surface area contributed by atoms with E-state index in [1.54, 1.807) is 0 Å². The molecule has 0 radical (unpaired) electrons. The molecule has 10 nitrogen and oxygen atoms in total. The van der Waals surface area contributed by atoms with Gasteiger partial charge in [-0.25, -0.2) is 4.79 Å². The number of urea groups is 1. The minimum atomic E-state index is -4.75. The van der Waals surface area contributed by atoms with Crippen LogP contribution in [0.4, 0.5) is 4.79 Å². The third-order valence-corrected chi connectivity index (χ3v) is 4.56. The number of hydrogen-bond donors (Lipinski definition) is 3. The zero-order chi connectivity index (χ0) is 15.9. The van der Waals surface area contributed by atoms with Crippen molar-refractivity contribution in [1.29, 1.82) is 0 Å². The number of rotatable bonds is 4. The van der Waals surface area contributed by atoms with Gasteiger partial charge in [0.25, 0.3) is 0 Å². The molecule has 3 rings (SSSR count). The molecule has 0 aromatic carbocycles. The lowest BCUT2D eigenvalue weighted by Gasteiger charge is -2.31. The van der Waals surface area contributed by atoms with Crippen LogP contribution < -0.4 is 10.6 Å². The summed E-state index contributed by atoms with van der Waals surface area (Å²) in [6, 6.07) is -1.81. The lowest BCUT2D eigenvalue weighted by Crippen LogP contribution is -2.54. The fourth-order valence-corrected chi connectivity index (χ4v) is 3.57. The van der Waals surface area contributed by atoms with Gasteiger partial charge in [-0.05, 0) is 25.9 Å². The van der Waals surface area contributed by atoms with Gasteiger partial charge in [-0.3, -0.25) is 9.35 Å². The van der Waals surface area contributed by atoms with Crippen molar-refractivity contribution in [2.45, 2.75) is 37.4 Å². The summed E-state index contributed by atoms with van der Waals surface area (Å²) in [7, 11) is -4.75. The minimum absolute atomic E-state index is 0.0920. The average Bonchev–Trinajstić information content (AvgIpc) is 2.99. The van der Waals surface area contributed by atoms with Crippen LogP contribution in [0.5, 0.6) is 0 Å². The summed E-state index contributed by atoms with van der Waals surface area (Å²) < 4.78 is 34.4. The molecule has 3 aliphatic heterocycles. The normalized spacial score (nSPS) is 29.2. The molecule has 3 fully saturated rings. The zero-order valence-electron chi connectivity index (χ0n) is 11.8. The van der Waals surface area contributed by atoms with Crippen LogP contribution in [-0.4, -0.2) is 72.6 Å². The molecule has 0 spiro atoms. The van der Waals surface area contributed by atoms with Crippen LogP contribution in [0.15, 0.2) is 0 Å². The predicted octanol–water partition coefficient (Wildman–Crippen LogP) is -1.53. The lowest BCUT2D eigenvalue weighted by atomic mass is 10.0. The van der Waals surface area contributed by atoms with Gasteiger partial charge < -0.3 is 15.5 Å². The van der Waals surface area contributed by atoms with E-state index in [2.05, 4.69) is 14.9 Å². The second-order valence-electron chi connectivity index (χ2n) is 5.70. The van der Waals surface area contributed by atoms with Crippen molar-refractivity contribution in [2.24, 2.45) is 0 Å². The van der Waals surface area contributed by atoms with Gasteiger partial charge in [0.1, 0.15) is 6.04 Å². The van der Waals surface area contributed by atoms with E-state index in [-0.39, 0.29) is 24.9 Å². The Kier molecular flexibility index (Phi) is 3.97. The first kappa shape index (κ1) is 15.5. The Hall–Kier alpha value is -1.43. The number of amides is 3. The number of carbonyl (C=O) groups excluding carboxylic acids is 2. The lowest BCUT2D eigenvalue weighted by molar-refractivity contribution is -0.127. The molecule has 22 heavy (non-hydrogen) atoms. The minimum Gasteiger partial charge on any atom is -0.351 e. The monoisotopic (exact) mass is 334 g/mol. The number of nitrogens with one attached hydrogen (secondary N) is 2. The molecule has 2 unspecified atom stereocenters. The third-order valence-electron chi connectivity index (χ3n) is 4.21. The smallest absolute Gasteiger partial charge is 0.351 e. The number of nitrogens with zero attached hydrogens (tertiary/aromatic N) is 2. The van der Waals surface area contributed by atoms with E-state index in [0.717, 1.165) is 25.9 Å². The number of fused-ring (bicyclic) bond motifs is 2. The van der Waals surface area contributed by atoms with Crippen LogP contribution in [0.25, 0.3) is 0 Å². The first-order chi connectivity index (χ1) is 10.3. The van der Waals surface area contributed by atoms with E-state index >= 15 is 0 Å². The van der Waals surface area contributed by atoms with Crippen molar-refractivity contribution >= 4 is 22.3 Å². The molecule has 0 aromatic heterocycles. The Morgan fingerprint density at radius 3 is 2.64 bits per heavy atom. The average molecular weight is 334 g/mol. The highest BCUT2D eigenvalue weighted by Crippen LogP contribution is 2.32. The Bertz CT molecular complexity index is 575. The Morgan fingerprint density at radius 2 is 2.05 bits per heavy atom. The molecule has 2 bridgehead atoms. The molecule has 2 atom stereocenters. The molecule has 0 aliphatic carbocycles. The number of hydrogen-bond acceptors (Lipinski definition) is 6. The van der Waals surface area contributed by atoms with E-state index in [0.29, 0.717) is 5.06 Å². The summed E-state index contributed by atoms with van der Waals surface area (Å²) in [6.07, 6.45) is 1.96. The van der Waals surface area contributed by atoms with Crippen LogP contribution in [0.3, 0.4) is 0 Å². The SMILES string of the molecule is O=C(NC1CCNCC1)C1CC2CN1C(=O)N2OS(=O)(=O)O. The molecule has 3 N–H and O–H groups in total. The van der Waals surface area contributed by atoms with Gasteiger partial charge >= 0.3 is 16.4 Å². The van der Waals surface area contributed by atoms with Crippen molar-refractivity contribution in [3.8, 4) is 0 Å². The van der Waals surface area contributed by atoms with Gasteiger partial charge in [-0.1, -0.05) is 0 Å². The van der Waals surface area contributed by atoms with E-state index in [1.807, 2.05) is 0 Å². The number of hydroxylamine groups is 2. The standard InChI is InChI=1S/C11H18N4O6S/c16-10(13-7-1-3-12-4-2-7)9-5-8-6-14(9)11(17)15(8)21-22(18,19)20/h7-9,12H,1-6H2,(H,13,16)(H,18,19,20). The van der Waals surface area contributed by atoms with Crippen LogP contribution >= 0.6 is 0 Å². The second-order valence-corrected chi connectivity index (χ2v) is 6.71. The quantitative estimate of drug-likeness (QED) is 0.532. The second kappa shape index (κ2) is 5.65. The van der Waals surface area contributed by atoms with Crippen LogP contribution in [-0.2, 0) is 19.5 Å².